The highest BCUT2D eigenvalue weighted by atomic mass is 16.5. The van der Waals surface area contributed by atoms with Gasteiger partial charge < -0.3 is 14.9 Å². The van der Waals surface area contributed by atoms with Crippen molar-refractivity contribution < 1.29 is 14.9 Å². The molecule has 0 spiro atoms. The van der Waals surface area contributed by atoms with Crippen LogP contribution in [0.2, 0.25) is 0 Å². The Morgan fingerprint density at radius 1 is 1.55 bits per heavy atom. The van der Waals surface area contributed by atoms with Gasteiger partial charge >= 0.3 is 0 Å². The maximum Gasteiger partial charge on any atom is 0.0742 e. The van der Waals surface area contributed by atoms with Crippen LogP contribution in [0.3, 0.4) is 0 Å². The number of aliphatic hydroxyl groups excluding tert-OH is 2. The zero-order valence-corrected chi connectivity index (χ0v) is 7.29. The van der Waals surface area contributed by atoms with Crippen molar-refractivity contribution in [2.75, 3.05) is 13.2 Å². The van der Waals surface area contributed by atoms with Crippen LogP contribution in [0.4, 0.5) is 0 Å². The van der Waals surface area contributed by atoms with Gasteiger partial charge in [-0.1, -0.05) is 0 Å². The second kappa shape index (κ2) is 6.58. The van der Waals surface area contributed by atoms with Crippen LogP contribution < -0.4 is 0 Å². The molecule has 1 saturated carbocycles. The molecule has 1 unspecified atom stereocenters. The van der Waals surface area contributed by atoms with E-state index in [0.29, 0.717) is 6.10 Å². The third kappa shape index (κ3) is 9.88. The molecule has 0 aliphatic heterocycles. The lowest BCUT2D eigenvalue weighted by Crippen LogP contribution is -2.03. The van der Waals surface area contributed by atoms with Crippen LogP contribution in [0.15, 0.2) is 0 Å². The molecular formula is C8H18O3. The fraction of sp³-hybridized carbons (Fsp3) is 1.00. The molecule has 0 saturated heterocycles. The maximum absolute atomic E-state index is 8.11. The highest BCUT2D eigenvalue weighted by Gasteiger charge is 2.20. The first kappa shape index (κ1) is 10.9. The molecule has 0 aromatic rings. The largest absolute Gasteiger partial charge is 0.394 e. The van der Waals surface area contributed by atoms with Crippen molar-refractivity contribution in [2.45, 2.75) is 38.9 Å². The van der Waals surface area contributed by atoms with Crippen molar-refractivity contribution in [3.05, 3.63) is 0 Å². The predicted molar refractivity (Wildman–Crippen MR) is 43.4 cm³/mol. The van der Waals surface area contributed by atoms with Crippen molar-refractivity contribution >= 4 is 0 Å². The average molecular weight is 162 g/mol. The molecule has 1 aliphatic carbocycles. The Bertz CT molecular complexity index is 79.4. The standard InChI is InChI=1S/C5H10O.C3H8O2/c1-2-6-5-3-4-5;1-3(5)2-4/h5H,2-4H2,1H3;3-5H,2H2,1H3. The van der Waals surface area contributed by atoms with Gasteiger partial charge in [0, 0.05) is 6.61 Å². The average Bonchev–Trinajstić information content (AvgIpc) is 2.74. The molecule has 1 aliphatic rings. The van der Waals surface area contributed by atoms with Crippen LogP contribution in [0.5, 0.6) is 0 Å². The lowest BCUT2D eigenvalue weighted by molar-refractivity contribution is 0.110. The molecule has 11 heavy (non-hydrogen) atoms. The third-order valence-electron chi connectivity index (χ3n) is 1.19. The number of ether oxygens (including phenoxy) is 1. The zero-order chi connectivity index (χ0) is 8.69. The van der Waals surface area contributed by atoms with Gasteiger partial charge in [0.2, 0.25) is 0 Å². The van der Waals surface area contributed by atoms with Gasteiger partial charge in [-0.3, -0.25) is 0 Å². The van der Waals surface area contributed by atoms with Crippen molar-refractivity contribution in [3.8, 4) is 0 Å². The highest BCUT2D eigenvalue weighted by molar-refractivity contribution is 4.72. The van der Waals surface area contributed by atoms with E-state index in [9.17, 15) is 0 Å². The van der Waals surface area contributed by atoms with Gasteiger partial charge in [-0.2, -0.15) is 0 Å². The molecule has 1 rings (SSSR count). The number of aliphatic hydroxyl groups is 2. The van der Waals surface area contributed by atoms with Gasteiger partial charge in [-0.05, 0) is 26.7 Å². The summed E-state index contributed by atoms with van der Waals surface area (Å²) in [6.07, 6.45) is 2.69. The Hall–Kier alpha value is -0.120. The molecule has 0 heterocycles. The Balaban J connectivity index is 0.000000187. The summed E-state index contributed by atoms with van der Waals surface area (Å²) < 4.78 is 5.15. The van der Waals surface area contributed by atoms with Gasteiger partial charge in [0.1, 0.15) is 0 Å². The van der Waals surface area contributed by atoms with Crippen molar-refractivity contribution in [3.63, 3.8) is 0 Å². The third-order valence-corrected chi connectivity index (χ3v) is 1.19. The predicted octanol–water partition coefficient (Wildman–Crippen LogP) is 0.545. The smallest absolute Gasteiger partial charge is 0.0742 e. The number of hydrogen-bond acceptors (Lipinski definition) is 3. The van der Waals surface area contributed by atoms with Crippen LogP contribution in [-0.4, -0.2) is 35.6 Å². The molecule has 0 bridgehead atoms. The van der Waals surface area contributed by atoms with E-state index in [4.69, 9.17) is 14.9 Å². The highest BCUT2D eigenvalue weighted by Crippen LogP contribution is 2.22. The van der Waals surface area contributed by atoms with E-state index in [0.717, 1.165) is 6.61 Å². The summed E-state index contributed by atoms with van der Waals surface area (Å²) >= 11 is 0. The van der Waals surface area contributed by atoms with E-state index in [1.807, 2.05) is 6.92 Å². The van der Waals surface area contributed by atoms with Crippen LogP contribution in [0.1, 0.15) is 26.7 Å². The maximum atomic E-state index is 8.11. The first-order valence-corrected chi connectivity index (χ1v) is 4.11. The monoisotopic (exact) mass is 162 g/mol. The molecule has 0 radical (unpaired) electrons. The molecule has 0 aromatic heterocycles. The Morgan fingerprint density at radius 2 is 2.00 bits per heavy atom. The Kier molecular flexibility index (Phi) is 6.51. The summed E-state index contributed by atoms with van der Waals surface area (Å²) in [5.74, 6) is 0. The molecule has 68 valence electrons. The van der Waals surface area contributed by atoms with Gasteiger partial charge in [0.25, 0.3) is 0 Å². The summed E-state index contributed by atoms with van der Waals surface area (Å²) in [6, 6.07) is 0. The van der Waals surface area contributed by atoms with E-state index < -0.39 is 6.10 Å². The summed E-state index contributed by atoms with van der Waals surface area (Å²) in [5.41, 5.74) is 0. The van der Waals surface area contributed by atoms with Crippen LogP contribution in [-0.2, 0) is 4.74 Å². The number of hydrogen-bond donors (Lipinski definition) is 2. The Morgan fingerprint density at radius 3 is 2.09 bits per heavy atom. The SMILES string of the molecule is CC(O)CO.CCOC1CC1. The zero-order valence-electron chi connectivity index (χ0n) is 7.29. The van der Waals surface area contributed by atoms with E-state index in [-0.39, 0.29) is 6.61 Å². The summed E-state index contributed by atoms with van der Waals surface area (Å²) in [5, 5.41) is 16.0. The van der Waals surface area contributed by atoms with Gasteiger partial charge in [0.05, 0.1) is 18.8 Å². The molecule has 3 nitrogen and oxygen atoms in total. The Labute approximate surface area is 68.0 Å². The summed E-state index contributed by atoms with van der Waals surface area (Å²) in [7, 11) is 0. The fourth-order valence-corrected chi connectivity index (χ4v) is 0.470. The number of rotatable bonds is 3. The van der Waals surface area contributed by atoms with Crippen LogP contribution >= 0.6 is 0 Å². The quantitative estimate of drug-likeness (QED) is 0.637. The van der Waals surface area contributed by atoms with E-state index in [1.54, 1.807) is 0 Å². The summed E-state index contributed by atoms with van der Waals surface area (Å²) in [6.45, 7) is 4.32. The molecular weight excluding hydrogens is 144 g/mol. The molecule has 0 amide bonds. The van der Waals surface area contributed by atoms with E-state index >= 15 is 0 Å². The van der Waals surface area contributed by atoms with Crippen molar-refractivity contribution in [1.29, 1.82) is 0 Å². The van der Waals surface area contributed by atoms with Crippen molar-refractivity contribution in [2.24, 2.45) is 0 Å². The minimum absolute atomic E-state index is 0.139. The molecule has 1 fully saturated rings. The van der Waals surface area contributed by atoms with Crippen LogP contribution in [0.25, 0.3) is 0 Å². The van der Waals surface area contributed by atoms with Crippen molar-refractivity contribution in [1.82, 2.24) is 0 Å². The lowest BCUT2D eigenvalue weighted by Gasteiger charge is -1.90. The second-order valence-electron chi connectivity index (χ2n) is 2.69. The second-order valence-corrected chi connectivity index (χ2v) is 2.69. The minimum atomic E-state index is -0.560. The summed E-state index contributed by atoms with van der Waals surface area (Å²) in [4.78, 5) is 0. The molecule has 2 N–H and O–H groups in total. The van der Waals surface area contributed by atoms with E-state index in [2.05, 4.69) is 0 Å². The fourth-order valence-electron chi connectivity index (χ4n) is 0.470. The molecule has 1 atom stereocenters. The van der Waals surface area contributed by atoms with Crippen LogP contribution in [0, 0.1) is 0 Å². The van der Waals surface area contributed by atoms with Gasteiger partial charge in [-0.25, -0.2) is 0 Å². The van der Waals surface area contributed by atoms with Gasteiger partial charge in [0.15, 0.2) is 0 Å². The first-order chi connectivity index (χ1) is 5.20. The topological polar surface area (TPSA) is 49.7 Å². The lowest BCUT2D eigenvalue weighted by atomic mass is 10.5. The normalized spacial score (nSPS) is 18.5. The van der Waals surface area contributed by atoms with E-state index in [1.165, 1.54) is 19.8 Å². The molecule has 3 heteroatoms. The van der Waals surface area contributed by atoms with Gasteiger partial charge in [-0.15, -0.1) is 0 Å². The molecule has 0 aromatic carbocycles. The first-order valence-electron chi connectivity index (χ1n) is 4.11. The minimum Gasteiger partial charge on any atom is -0.394 e.